The predicted octanol–water partition coefficient (Wildman–Crippen LogP) is 5.31. The number of nitrogens with zero attached hydrogens (tertiary/aromatic N) is 2. The summed E-state index contributed by atoms with van der Waals surface area (Å²) in [7, 11) is 0. The number of hydrogen-bond acceptors (Lipinski definition) is 2. The van der Waals surface area contributed by atoms with Gasteiger partial charge in [-0.05, 0) is 18.2 Å². The molecule has 0 aliphatic carbocycles. The van der Waals surface area contributed by atoms with Gasteiger partial charge in [0.05, 0.1) is 0 Å². The van der Waals surface area contributed by atoms with Crippen molar-refractivity contribution in [1.82, 2.24) is 0 Å². The molecule has 108 valence electrons. The van der Waals surface area contributed by atoms with Crippen molar-refractivity contribution in [2.24, 2.45) is 10.2 Å². The van der Waals surface area contributed by atoms with Crippen LogP contribution in [0.5, 0.6) is 0 Å². The van der Waals surface area contributed by atoms with Gasteiger partial charge in [-0.25, -0.2) is 8.78 Å². The Bertz CT molecular complexity index is 733. The van der Waals surface area contributed by atoms with Crippen molar-refractivity contribution in [1.29, 1.82) is 0 Å². The van der Waals surface area contributed by atoms with E-state index in [0.717, 1.165) is 10.5 Å². The first kappa shape index (κ1) is 16.1. The van der Waals surface area contributed by atoms with Gasteiger partial charge in [-0.3, -0.25) is 0 Å². The van der Waals surface area contributed by atoms with Gasteiger partial charge >= 0.3 is 0 Å². The van der Waals surface area contributed by atoms with E-state index in [1.165, 1.54) is 6.07 Å². The van der Waals surface area contributed by atoms with Crippen LogP contribution < -0.4 is 0 Å². The lowest BCUT2D eigenvalue weighted by molar-refractivity contribution is 0.582. The maximum atomic E-state index is 13.5. The average molecular weight is 392 g/mol. The van der Waals surface area contributed by atoms with Crippen LogP contribution in [-0.2, 0) is 0 Å². The summed E-state index contributed by atoms with van der Waals surface area (Å²) in [6.07, 6.45) is 0. The van der Waals surface area contributed by atoms with E-state index >= 15 is 0 Å². The van der Waals surface area contributed by atoms with Gasteiger partial charge in [0.25, 0.3) is 0 Å². The minimum absolute atomic E-state index is 0.0570. The molecule has 0 atom stereocenters. The zero-order chi connectivity index (χ0) is 15.4. The van der Waals surface area contributed by atoms with Gasteiger partial charge in [0.15, 0.2) is 10.3 Å². The first-order valence-electron chi connectivity index (χ1n) is 5.66. The fourth-order valence-electron chi connectivity index (χ4n) is 1.48. The lowest BCUT2D eigenvalue weighted by Crippen LogP contribution is -1.97. The van der Waals surface area contributed by atoms with E-state index in [1.54, 1.807) is 18.2 Å². The molecule has 0 spiro atoms. The highest BCUT2D eigenvalue weighted by Gasteiger charge is 2.09. The third-order valence-corrected chi connectivity index (χ3v) is 3.72. The quantitative estimate of drug-likeness (QED) is 0.500. The molecule has 0 saturated heterocycles. The van der Waals surface area contributed by atoms with Crippen molar-refractivity contribution >= 4 is 49.5 Å². The Balaban J connectivity index is 2.31. The highest BCUT2D eigenvalue weighted by Crippen LogP contribution is 2.19. The summed E-state index contributed by atoms with van der Waals surface area (Å²) in [6, 6.07) is 10.1. The monoisotopic (exact) mass is 390 g/mol. The van der Waals surface area contributed by atoms with Crippen molar-refractivity contribution in [3.05, 3.63) is 69.7 Å². The van der Waals surface area contributed by atoms with Crippen LogP contribution in [0, 0.1) is 11.6 Å². The lowest BCUT2D eigenvalue weighted by atomic mass is 10.2. The third-order valence-electron chi connectivity index (χ3n) is 2.48. The molecule has 0 saturated carbocycles. The fraction of sp³-hybridized carbons (Fsp3) is 0. The molecule has 2 aromatic carbocycles. The van der Waals surface area contributed by atoms with Crippen LogP contribution in [0.4, 0.5) is 8.78 Å². The second kappa shape index (κ2) is 7.11. The standard InChI is InChI=1S/C14H7BrCl2F2N2/c15-11-4-2-1-3-9(11)13(16)20-21-14(17)10-6-5-8(18)7-12(10)19/h1-7H/b20-13-,21-14-. The topological polar surface area (TPSA) is 24.7 Å². The molecule has 21 heavy (non-hydrogen) atoms. The van der Waals surface area contributed by atoms with Crippen molar-refractivity contribution in [2.45, 2.75) is 0 Å². The Morgan fingerprint density at radius 2 is 1.52 bits per heavy atom. The Hall–Kier alpha value is -1.30. The molecule has 0 unspecified atom stereocenters. The molecule has 0 amide bonds. The van der Waals surface area contributed by atoms with Gasteiger partial charge < -0.3 is 0 Å². The van der Waals surface area contributed by atoms with Crippen molar-refractivity contribution < 1.29 is 8.78 Å². The Morgan fingerprint density at radius 1 is 0.905 bits per heavy atom. The SMILES string of the molecule is Fc1ccc(/C(Cl)=N/N=C(\Cl)c2ccccc2Br)c(F)c1. The van der Waals surface area contributed by atoms with Gasteiger partial charge in [0.2, 0.25) is 0 Å². The summed E-state index contributed by atoms with van der Waals surface area (Å²) >= 11 is 15.2. The van der Waals surface area contributed by atoms with Crippen LogP contribution in [0.1, 0.15) is 11.1 Å². The number of rotatable bonds is 3. The summed E-state index contributed by atoms with van der Waals surface area (Å²) in [5.41, 5.74) is 0.561. The van der Waals surface area contributed by atoms with Crippen molar-refractivity contribution in [2.75, 3.05) is 0 Å². The molecular formula is C14H7BrCl2F2N2. The molecule has 0 aromatic heterocycles. The Labute approximate surface area is 138 Å². The molecule has 0 heterocycles. The number of hydrogen-bond donors (Lipinski definition) is 0. The summed E-state index contributed by atoms with van der Waals surface area (Å²) in [5.74, 6) is -1.52. The second-order valence-electron chi connectivity index (χ2n) is 3.89. The summed E-state index contributed by atoms with van der Waals surface area (Å²) in [6.45, 7) is 0. The molecule has 0 fully saturated rings. The number of benzene rings is 2. The van der Waals surface area contributed by atoms with Gasteiger partial charge in [-0.1, -0.05) is 57.3 Å². The maximum Gasteiger partial charge on any atom is 0.161 e. The molecule has 0 N–H and O–H groups in total. The highest BCUT2D eigenvalue weighted by atomic mass is 79.9. The van der Waals surface area contributed by atoms with E-state index in [-0.39, 0.29) is 15.9 Å². The van der Waals surface area contributed by atoms with Crippen LogP contribution in [0.3, 0.4) is 0 Å². The highest BCUT2D eigenvalue weighted by molar-refractivity contribution is 9.10. The van der Waals surface area contributed by atoms with E-state index in [2.05, 4.69) is 26.1 Å². The van der Waals surface area contributed by atoms with Gasteiger partial charge in [0.1, 0.15) is 11.6 Å². The molecule has 0 aliphatic rings. The second-order valence-corrected chi connectivity index (χ2v) is 5.46. The predicted molar refractivity (Wildman–Crippen MR) is 85.3 cm³/mol. The Kier molecular flexibility index (Phi) is 5.45. The zero-order valence-electron chi connectivity index (χ0n) is 10.3. The minimum Gasteiger partial charge on any atom is -0.207 e. The Morgan fingerprint density at radius 3 is 2.14 bits per heavy atom. The molecule has 2 rings (SSSR count). The summed E-state index contributed by atoms with van der Waals surface area (Å²) < 4.78 is 27.1. The van der Waals surface area contributed by atoms with Gasteiger partial charge in [0, 0.05) is 21.7 Å². The molecule has 0 radical (unpaired) electrons. The lowest BCUT2D eigenvalue weighted by Gasteiger charge is -2.01. The minimum atomic E-state index is -0.823. The van der Waals surface area contributed by atoms with Crippen LogP contribution in [0.15, 0.2) is 57.1 Å². The average Bonchev–Trinajstić information content (AvgIpc) is 2.45. The van der Waals surface area contributed by atoms with E-state index in [0.29, 0.717) is 11.6 Å². The van der Waals surface area contributed by atoms with Crippen LogP contribution >= 0.6 is 39.1 Å². The fourth-order valence-corrected chi connectivity index (χ4v) is 2.46. The van der Waals surface area contributed by atoms with Crippen molar-refractivity contribution in [3.8, 4) is 0 Å². The molecular weight excluding hydrogens is 385 g/mol. The van der Waals surface area contributed by atoms with E-state index in [9.17, 15) is 8.78 Å². The first-order chi connectivity index (χ1) is 9.99. The smallest absolute Gasteiger partial charge is 0.161 e. The maximum absolute atomic E-state index is 13.5. The summed E-state index contributed by atoms with van der Waals surface area (Å²) in [4.78, 5) is 0. The zero-order valence-corrected chi connectivity index (χ0v) is 13.4. The van der Waals surface area contributed by atoms with E-state index in [1.807, 2.05) is 6.07 Å². The third kappa shape index (κ3) is 4.09. The van der Waals surface area contributed by atoms with Crippen LogP contribution in [0.2, 0.25) is 0 Å². The molecule has 0 aliphatic heterocycles. The summed E-state index contributed by atoms with van der Waals surface area (Å²) in [5, 5.41) is 7.26. The van der Waals surface area contributed by atoms with Crippen LogP contribution in [0.25, 0.3) is 0 Å². The molecule has 2 nitrogen and oxygen atoms in total. The van der Waals surface area contributed by atoms with Crippen LogP contribution in [-0.4, -0.2) is 10.3 Å². The van der Waals surface area contributed by atoms with Crippen molar-refractivity contribution in [3.63, 3.8) is 0 Å². The van der Waals surface area contributed by atoms with Gasteiger partial charge in [-0.2, -0.15) is 0 Å². The van der Waals surface area contributed by atoms with E-state index < -0.39 is 11.6 Å². The van der Waals surface area contributed by atoms with Gasteiger partial charge in [-0.15, -0.1) is 10.2 Å². The number of halogens is 5. The molecule has 7 heteroatoms. The molecule has 0 bridgehead atoms. The molecule has 2 aromatic rings. The first-order valence-corrected chi connectivity index (χ1v) is 7.21. The van der Waals surface area contributed by atoms with E-state index in [4.69, 9.17) is 23.2 Å². The largest absolute Gasteiger partial charge is 0.207 e. The normalized spacial score (nSPS) is 12.6.